The highest BCUT2D eigenvalue weighted by Gasteiger charge is 2.27. The van der Waals surface area contributed by atoms with E-state index in [1.165, 1.54) is 0 Å². The SMILES string of the molecule is CC[C@H](NC(=O)OC(C)(C)C)C(=O)Oc1cc(C)cc2oc(=O)c3c(c12)CCC3. The molecule has 0 saturated carbocycles. The molecule has 0 aliphatic heterocycles. The average molecular weight is 401 g/mol. The van der Waals surface area contributed by atoms with Crippen molar-refractivity contribution in [2.75, 3.05) is 0 Å². The smallest absolute Gasteiger partial charge is 0.408 e. The van der Waals surface area contributed by atoms with Gasteiger partial charge in [0.05, 0.1) is 5.39 Å². The third kappa shape index (κ3) is 4.60. The molecule has 7 heteroatoms. The van der Waals surface area contributed by atoms with Gasteiger partial charge in [0.2, 0.25) is 0 Å². The largest absolute Gasteiger partial charge is 0.444 e. The van der Waals surface area contributed by atoms with Crippen LogP contribution >= 0.6 is 0 Å². The molecule has 0 radical (unpaired) electrons. The molecule has 0 saturated heterocycles. The van der Waals surface area contributed by atoms with E-state index >= 15 is 0 Å². The third-order valence-electron chi connectivity index (χ3n) is 4.77. The standard InChI is InChI=1S/C22H27NO6/c1-6-15(23-21(26)29-22(3,4)5)20(25)28-17-11-12(2)10-16-18(17)13-8-7-9-14(13)19(24)27-16/h10-11,15H,6-9H2,1-5H3,(H,23,26)/t15-/m0/s1. The Bertz CT molecular complexity index is 1010. The van der Waals surface area contributed by atoms with E-state index < -0.39 is 23.7 Å². The van der Waals surface area contributed by atoms with E-state index in [-0.39, 0.29) is 5.63 Å². The molecule has 1 heterocycles. The minimum absolute atomic E-state index is 0.328. The summed E-state index contributed by atoms with van der Waals surface area (Å²) < 4.78 is 16.4. The van der Waals surface area contributed by atoms with Gasteiger partial charge in [-0.3, -0.25) is 0 Å². The number of alkyl carbamates (subject to hydrolysis) is 1. The summed E-state index contributed by atoms with van der Waals surface area (Å²) >= 11 is 0. The monoisotopic (exact) mass is 401 g/mol. The topological polar surface area (TPSA) is 94.8 Å². The number of rotatable bonds is 4. The maximum Gasteiger partial charge on any atom is 0.408 e. The number of nitrogens with one attached hydrogen (secondary N) is 1. The van der Waals surface area contributed by atoms with Gasteiger partial charge in [-0.25, -0.2) is 14.4 Å². The molecule has 1 aliphatic rings. The second-order valence-electron chi connectivity index (χ2n) is 8.36. The van der Waals surface area contributed by atoms with E-state index in [0.717, 1.165) is 24.0 Å². The molecule has 0 fully saturated rings. The van der Waals surface area contributed by atoms with E-state index in [4.69, 9.17) is 13.9 Å². The zero-order valence-electron chi connectivity index (χ0n) is 17.5. The molecular weight excluding hydrogens is 374 g/mol. The fourth-order valence-electron chi connectivity index (χ4n) is 3.54. The molecule has 29 heavy (non-hydrogen) atoms. The molecule has 1 aliphatic carbocycles. The van der Waals surface area contributed by atoms with Crippen LogP contribution in [0.4, 0.5) is 4.79 Å². The third-order valence-corrected chi connectivity index (χ3v) is 4.77. The number of fused-ring (bicyclic) bond motifs is 3. The first-order chi connectivity index (χ1) is 13.6. The van der Waals surface area contributed by atoms with Crippen LogP contribution in [-0.2, 0) is 22.4 Å². The van der Waals surface area contributed by atoms with E-state index in [1.807, 2.05) is 6.92 Å². The predicted octanol–water partition coefficient (Wildman–Crippen LogP) is 3.80. The Labute approximate surface area is 169 Å². The lowest BCUT2D eigenvalue weighted by Gasteiger charge is -2.22. The molecule has 1 N–H and O–H groups in total. The number of hydrogen-bond donors (Lipinski definition) is 1. The van der Waals surface area contributed by atoms with Crippen molar-refractivity contribution in [3.8, 4) is 5.75 Å². The zero-order valence-corrected chi connectivity index (χ0v) is 17.5. The molecule has 156 valence electrons. The first-order valence-electron chi connectivity index (χ1n) is 9.89. The molecule has 0 spiro atoms. The van der Waals surface area contributed by atoms with Crippen molar-refractivity contribution in [3.05, 3.63) is 39.2 Å². The molecule has 7 nitrogen and oxygen atoms in total. The summed E-state index contributed by atoms with van der Waals surface area (Å²) in [5.41, 5.74) is 1.74. The maximum atomic E-state index is 12.8. The Morgan fingerprint density at radius 3 is 2.55 bits per heavy atom. The number of aryl methyl sites for hydroxylation is 2. The highest BCUT2D eigenvalue weighted by molar-refractivity contribution is 5.92. The lowest BCUT2D eigenvalue weighted by atomic mass is 10.0. The highest BCUT2D eigenvalue weighted by atomic mass is 16.6. The Kier molecular flexibility index (Phi) is 5.68. The van der Waals surface area contributed by atoms with Gasteiger partial charge >= 0.3 is 17.7 Å². The van der Waals surface area contributed by atoms with Gasteiger partial charge < -0.3 is 19.2 Å². The minimum atomic E-state index is -0.857. The van der Waals surface area contributed by atoms with Gasteiger partial charge in [0.1, 0.15) is 23.0 Å². The van der Waals surface area contributed by atoms with Crippen molar-refractivity contribution in [1.82, 2.24) is 5.32 Å². The number of ether oxygens (including phenoxy) is 2. The van der Waals surface area contributed by atoms with Crippen LogP contribution in [0.1, 0.15) is 57.2 Å². The van der Waals surface area contributed by atoms with Crippen molar-refractivity contribution < 1.29 is 23.5 Å². The predicted molar refractivity (Wildman–Crippen MR) is 108 cm³/mol. The Morgan fingerprint density at radius 1 is 1.21 bits per heavy atom. The molecule has 1 aromatic heterocycles. The van der Waals surface area contributed by atoms with E-state index in [9.17, 15) is 14.4 Å². The molecule has 1 aromatic carbocycles. The first-order valence-corrected chi connectivity index (χ1v) is 9.89. The second-order valence-corrected chi connectivity index (χ2v) is 8.36. The van der Waals surface area contributed by atoms with Crippen LogP contribution in [0.3, 0.4) is 0 Å². The van der Waals surface area contributed by atoms with Gasteiger partial charge in [-0.1, -0.05) is 6.92 Å². The van der Waals surface area contributed by atoms with Crippen molar-refractivity contribution in [2.24, 2.45) is 0 Å². The van der Waals surface area contributed by atoms with Gasteiger partial charge in [0.25, 0.3) is 0 Å². The lowest BCUT2D eigenvalue weighted by molar-refractivity contribution is -0.136. The Hall–Kier alpha value is -2.83. The fourth-order valence-corrected chi connectivity index (χ4v) is 3.54. The molecule has 2 aromatic rings. The van der Waals surface area contributed by atoms with E-state index in [0.29, 0.717) is 35.1 Å². The summed E-state index contributed by atoms with van der Waals surface area (Å²) in [5, 5.41) is 3.21. The lowest BCUT2D eigenvalue weighted by Crippen LogP contribution is -2.44. The molecule has 1 atom stereocenters. The summed E-state index contributed by atoms with van der Waals surface area (Å²) in [4.78, 5) is 37.1. The number of esters is 1. The molecule has 0 unspecified atom stereocenters. The van der Waals surface area contributed by atoms with Crippen LogP contribution in [-0.4, -0.2) is 23.7 Å². The normalized spacial score (nSPS) is 14.4. The summed E-state index contributed by atoms with van der Waals surface area (Å²) in [6.45, 7) is 8.85. The number of amides is 1. The van der Waals surface area contributed by atoms with Gasteiger partial charge in [0, 0.05) is 5.56 Å². The number of carbonyl (C=O) groups excluding carboxylic acids is 2. The van der Waals surface area contributed by atoms with Crippen molar-refractivity contribution in [1.29, 1.82) is 0 Å². The maximum absolute atomic E-state index is 12.8. The van der Waals surface area contributed by atoms with Crippen LogP contribution in [0.25, 0.3) is 11.0 Å². The molecule has 3 rings (SSSR count). The fraction of sp³-hybridized carbons (Fsp3) is 0.500. The average Bonchev–Trinajstić information content (AvgIpc) is 3.07. The van der Waals surface area contributed by atoms with Crippen LogP contribution in [0.5, 0.6) is 5.75 Å². The summed E-state index contributed by atoms with van der Waals surface area (Å²) in [7, 11) is 0. The highest BCUT2D eigenvalue weighted by Crippen LogP contribution is 2.35. The van der Waals surface area contributed by atoms with Gasteiger partial charge in [-0.05, 0) is 76.6 Å². The van der Waals surface area contributed by atoms with Crippen molar-refractivity contribution >= 4 is 23.0 Å². The van der Waals surface area contributed by atoms with Gasteiger partial charge in [-0.15, -0.1) is 0 Å². The van der Waals surface area contributed by atoms with Crippen LogP contribution in [0.2, 0.25) is 0 Å². The van der Waals surface area contributed by atoms with E-state index in [1.54, 1.807) is 39.8 Å². The summed E-state index contributed by atoms with van der Waals surface area (Å²) in [6, 6.07) is 2.66. The number of carbonyl (C=O) groups is 2. The molecular formula is C22H27NO6. The quantitative estimate of drug-likeness (QED) is 0.476. The number of hydrogen-bond acceptors (Lipinski definition) is 6. The molecule has 0 bridgehead atoms. The second kappa shape index (κ2) is 7.89. The van der Waals surface area contributed by atoms with Crippen molar-refractivity contribution in [3.63, 3.8) is 0 Å². The summed E-state index contributed by atoms with van der Waals surface area (Å²) in [6.07, 6.45) is 1.92. The molecule has 1 amide bonds. The number of benzene rings is 1. The van der Waals surface area contributed by atoms with E-state index in [2.05, 4.69) is 5.32 Å². The summed E-state index contributed by atoms with van der Waals surface area (Å²) in [5.74, 6) is -0.250. The van der Waals surface area contributed by atoms with Crippen LogP contribution < -0.4 is 15.7 Å². The van der Waals surface area contributed by atoms with Gasteiger partial charge in [-0.2, -0.15) is 0 Å². The minimum Gasteiger partial charge on any atom is -0.444 e. The van der Waals surface area contributed by atoms with Crippen LogP contribution in [0, 0.1) is 6.92 Å². The first kappa shape index (κ1) is 20.9. The Morgan fingerprint density at radius 2 is 1.90 bits per heavy atom. The van der Waals surface area contributed by atoms with Gasteiger partial charge in [0.15, 0.2) is 0 Å². The Balaban J connectivity index is 1.91. The zero-order chi connectivity index (χ0) is 21.3. The van der Waals surface area contributed by atoms with Crippen molar-refractivity contribution in [2.45, 2.75) is 71.9 Å². The van der Waals surface area contributed by atoms with Crippen LogP contribution in [0.15, 0.2) is 21.3 Å².